The van der Waals surface area contributed by atoms with Crippen LogP contribution in [-0.4, -0.2) is 234 Å². The smallest absolute Gasteiger partial charge is 0.407 e. The minimum atomic E-state index is -3.86. The van der Waals surface area contributed by atoms with Gasteiger partial charge in [0.1, 0.15) is 6.10 Å². The molecular weight excluding hydrogens is 1620 g/mol. The third-order valence-corrected chi connectivity index (χ3v) is 28.6. The van der Waals surface area contributed by atoms with Crippen molar-refractivity contribution in [2.24, 2.45) is 46.3 Å². The average molecular weight is 1750 g/mol. The summed E-state index contributed by atoms with van der Waals surface area (Å²) in [6.45, 7) is 18.4. The zero-order valence-corrected chi connectivity index (χ0v) is 73.8. The molecule has 6 aliphatic rings. The predicted octanol–water partition coefficient (Wildman–Crippen LogP) is 12.6. The van der Waals surface area contributed by atoms with E-state index in [2.05, 4.69) is 91.8 Å². The third kappa shape index (κ3) is 26.9. The molecule has 2 aliphatic heterocycles. The molecule has 4 aromatic rings. The number of carbonyl (C=O) groups is 4. The second kappa shape index (κ2) is 45.5. The first-order valence-corrected chi connectivity index (χ1v) is 46.3. The quantitative estimate of drug-likeness (QED) is 0.0151. The van der Waals surface area contributed by atoms with Crippen LogP contribution in [-0.2, 0) is 66.3 Å². The topological polar surface area (TPSA) is 307 Å². The van der Waals surface area contributed by atoms with E-state index in [9.17, 15) is 36.0 Å². The van der Waals surface area contributed by atoms with Crippen LogP contribution in [0.4, 0.5) is 19.2 Å². The van der Waals surface area contributed by atoms with Crippen LogP contribution in [0.1, 0.15) is 150 Å². The molecule has 2 heterocycles. The van der Waals surface area contributed by atoms with E-state index in [1.807, 2.05) is 38.4 Å². The fourth-order valence-electron chi connectivity index (χ4n) is 18.7. The summed E-state index contributed by atoms with van der Waals surface area (Å²) < 4.78 is 98.6. The van der Waals surface area contributed by atoms with Crippen molar-refractivity contribution in [1.82, 2.24) is 56.0 Å². The first-order valence-electron chi connectivity index (χ1n) is 41.8. The number of halogens is 4. The van der Waals surface area contributed by atoms with Crippen LogP contribution < -0.4 is 41.3 Å². The van der Waals surface area contributed by atoms with Crippen molar-refractivity contribution in [2.45, 2.75) is 146 Å². The van der Waals surface area contributed by atoms with Gasteiger partial charge in [-0.1, -0.05) is 136 Å². The molecule has 4 aromatic carbocycles. The maximum Gasteiger partial charge on any atom is 0.407 e. The van der Waals surface area contributed by atoms with Gasteiger partial charge in [-0.05, 0) is 187 Å². The molecule has 3 saturated carbocycles. The van der Waals surface area contributed by atoms with Crippen LogP contribution in [0.25, 0.3) is 0 Å². The lowest BCUT2D eigenvalue weighted by molar-refractivity contribution is -0.0581. The number of hydrogen-bond acceptors (Lipinski definition) is 17. The summed E-state index contributed by atoms with van der Waals surface area (Å²) in [6, 6.07) is 19.5. The van der Waals surface area contributed by atoms with Crippen LogP contribution in [0.3, 0.4) is 0 Å². The van der Waals surface area contributed by atoms with Gasteiger partial charge in [0.05, 0.1) is 89.1 Å². The second-order valence-electron chi connectivity index (χ2n) is 33.1. The maximum absolute atomic E-state index is 13.6. The number of ether oxygens (including phenoxy) is 7. The summed E-state index contributed by atoms with van der Waals surface area (Å²) in [6.07, 6.45) is 15.3. The van der Waals surface area contributed by atoms with E-state index in [0.717, 1.165) is 88.7 Å². The van der Waals surface area contributed by atoms with Gasteiger partial charge in [-0.25, -0.2) is 45.5 Å². The van der Waals surface area contributed by atoms with Crippen LogP contribution >= 0.6 is 46.4 Å². The van der Waals surface area contributed by atoms with Gasteiger partial charge in [-0.15, -0.1) is 0 Å². The molecule has 0 unspecified atom stereocenters. The number of likely N-dealkylation sites (N-methyl/N-ethyl adjacent to an activating group) is 2. The summed E-state index contributed by atoms with van der Waals surface area (Å²) >= 11 is 25.9. The molecule has 7 amide bonds. The van der Waals surface area contributed by atoms with E-state index in [4.69, 9.17) is 79.6 Å². The largest absolute Gasteiger partial charge is 0.446 e. The van der Waals surface area contributed by atoms with Gasteiger partial charge in [0.15, 0.2) is 0 Å². The van der Waals surface area contributed by atoms with Crippen LogP contribution in [0.15, 0.2) is 94.2 Å². The van der Waals surface area contributed by atoms with Gasteiger partial charge in [-0.2, -0.15) is 0 Å². The summed E-state index contributed by atoms with van der Waals surface area (Å²) in [5, 5.41) is 18.8. The zero-order valence-electron chi connectivity index (χ0n) is 69.2. The SMILES string of the molecule is CC(C)CCC[C@@H](C)[C@H]1CC[C@H]2[C@@H]3CC=C4C[C@@H](OC(=O)NCCOCCOCCNC(=O)N(CCNC(=O)NCCOCCOCCNS(=O)(=O)c5cccc([C@@H]6CN(C)Cc7c(Cl)cc(Cl)cc76)c5)CCNC(=O)NCCOCCOCCNS(=O)(=O)c5cccc([C@@H]6CN(C)Cc7c(Cl)cc(Cl)cc76)c5)CC[C@]4(C)[C@H]3CC[C@]12C. The van der Waals surface area contributed by atoms with Crippen molar-refractivity contribution in [3.63, 3.8) is 0 Å². The van der Waals surface area contributed by atoms with Crippen LogP contribution in [0.2, 0.25) is 20.1 Å². The molecule has 8 N–H and O–H groups in total. The van der Waals surface area contributed by atoms with Gasteiger partial charge in [0.25, 0.3) is 0 Å². The lowest BCUT2D eigenvalue weighted by Gasteiger charge is -2.58. The van der Waals surface area contributed by atoms with Crippen LogP contribution in [0.5, 0.6) is 0 Å². The number of urea groups is 3. The molecule has 0 radical (unpaired) electrons. The van der Waals surface area contributed by atoms with E-state index < -0.39 is 44.2 Å². The van der Waals surface area contributed by atoms with E-state index in [1.165, 1.54) is 55.4 Å². The second-order valence-corrected chi connectivity index (χ2v) is 38.3. The molecule has 26 nitrogen and oxygen atoms in total. The number of nitrogens with zero attached hydrogens (tertiary/aromatic N) is 3. The Morgan fingerprint density at radius 3 is 1.50 bits per heavy atom. The first kappa shape index (κ1) is 93.6. The van der Waals surface area contributed by atoms with Gasteiger partial charge in [0, 0.05) is 130 Å². The zero-order chi connectivity index (χ0) is 83.7. The molecule has 0 saturated heterocycles. The van der Waals surface area contributed by atoms with E-state index >= 15 is 0 Å². The fraction of sp³-hybridized carbons (Fsp3) is 0.647. The molecule has 3 fully saturated rings. The predicted molar refractivity (Wildman–Crippen MR) is 457 cm³/mol. The standard InChI is InChI=1S/C85H125Cl4N11O15S2/c1-58(2)11-8-12-59(3)75-19-20-76-68-18-17-62-49-65(21-23-84(62,4)77(68)22-24-85(75,76)5)115-83(104)95-30-38-112-42-41-111-37-29-94-82(103)100(33-25-90-80(101)92-27-35-109-43-45-113-39-31-96-116(105,106)66-15-9-13-60(47-66)71-54-98(6)56-73-69(71)50-63(86)52-78(73)88)34-26-91-81(102)93-28-36-110-44-46-114-40-32-97-117(107,108)67-16-10-14-61(48-67)72-55-99(7)57-74-70(72)51-64(87)53-79(74)89/h9-10,13-17,47-48,50-53,58-59,65,68,71-72,75-77,96-97H,8,11-12,18-46,49,54-57H2,1-7H3,(H,94,103)(H,95,104)(H2,90,92,101)(H2,91,93,102)/t59-,65+,68+,71+,72+,75-,76+,77+,84+,85-/m1/s1. The molecular formula is C85H125Cl4N11O15S2. The van der Waals surface area contributed by atoms with Gasteiger partial charge < -0.3 is 79.8 Å². The molecule has 10 atom stereocenters. The number of nitrogens with one attached hydrogen (secondary N) is 8. The van der Waals surface area contributed by atoms with Crippen LogP contribution in [0, 0.1) is 46.3 Å². The van der Waals surface area contributed by atoms with Gasteiger partial charge in [-0.3, -0.25) is 0 Å². The minimum Gasteiger partial charge on any atom is -0.446 e. The molecule has 32 heteroatoms. The molecule has 0 aromatic heterocycles. The molecule has 650 valence electrons. The Bertz CT molecular complexity index is 4010. The Labute approximate surface area is 713 Å². The Hall–Kier alpha value is -5.64. The van der Waals surface area contributed by atoms with Crippen molar-refractivity contribution in [3.05, 3.63) is 138 Å². The van der Waals surface area contributed by atoms with Gasteiger partial charge >= 0.3 is 24.2 Å². The summed E-state index contributed by atoms with van der Waals surface area (Å²) in [4.78, 5) is 58.3. The number of amides is 7. The number of benzene rings is 4. The Morgan fingerprint density at radius 2 is 1.01 bits per heavy atom. The van der Waals surface area contributed by atoms with Crippen molar-refractivity contribution in [1.29, 1.82) is 0 Å². The van der Waals surface area contributed by atoms with E-state index in [0.29, 0.717) is 57.6 Å². The fourth-order valence-corrected chi connectivity index (χ4v) is 22.0. The highest BCUT2D eigenvalue weighted by atomic mass is 35.5. The summed E-state index contributed by atoms with van der Waals surface area (Å²) in [7, 11) is -3.74. The highest BCUT2D eigenvalue weighted by molar-refractivity contribution is 7.89. The number of hydrogen-bond donors (Lipinski definition) is 8. The normalized spacial score (nSPS) is 22.8. The maximum atomic E-state index is 13.6. The number of allylic oxidation sites excluding steroid dienone is 1. The monoisotopic (exact) mass is 1740 g/mol. The van der Waals surface area contributed by atoms with Gasteiger partial charge in [0.2, 0.25) is 20.0 Å². The molecule has 0 bridgehead atoms. The molecule has 4 aliphatic carbocycles. The number of alkyl carbamates (subject to hydrolysis) is 1. The highest BCUT2D eigenvalue weighted by Gasteiger charge is 2.59. The number of carbonyl (C=O) groups excluding carboxylic acids is 4. The lowest BCUT2D eigenvalue weighted by atomic mass is 9.47. The molecule has 10 rings (SSSR count). The number of fused-ring (bicyclic) bond motifs is 7. The summed E-state index contributed by atoms with van der Waals surface area (Å²) in [5.41, 5.74) is 7.65. The highest BCUT2D eigenvalue weighted by Crippen LogP contribution is 2.67. The molecule has 0 spiro atoms. The molecule has 117 heavy (non-hydrogen) atoms. The number of sulfonamides is 2. The average Bonchev–Trinajstić information content (AvgIpc) is 1.66. The van der Waals surface area contributed by atoms with Crippen molar-refractivity contribution in [3.8, 4) is 0 Å². The summed E-state index contributed by atoms with van der Waals surface area (Å²) in [5.74, 6) is 4.38. The third-order valence-electron chi connectivity index (χ3n) is 24.6. The van der Waals surface area contributed by atoms with E-state index in [-0.39, 0.29) is 178 Å². The Balaban J connectivity index is 0.582. The Morgan fingerprint density at radius 1 is 0.538 bits per heavy atom. The number of rotatable bonds is 45. The van der Waals surface area contributed by atoms with Crippen molar-refractivity contribution in [2.75, 3.05) is 172 Å². The lowest BCUT2D eigenvalue weighted by Crippen LogP contribution is -2.51. The first-order chi connectivity index (χ1) is 56.1. The van der Waals surface area contributed by atoms with Crippen molar-refractivity contribution >= 4 is 90.6 Å². The Kier molecular flexibility index (Phi) is 36.4. The minimum absolute atomic E-state index is 0.0317. The van der Waals surface area contributed by atoms with Crippen molar-refractivity contribution < 1.29 is 69.2 Å². The van der Waals surface area contributed by atoms with E-state index in [1.54, 1.807) is 48.5 Å².